The Morgan fingerprint density at radius 3 is 2.95 bits per heavy atom. The van der Waals surface area contributed by atoms with Crippen molar-refractivity contribution in [3.63, 3.8) is 0 Å². The van der Waals surface area contributed by atoms with E-state index in [4.69, 9.17) is 0 Å². The van der Waals surface area contributed by atoms with Crippen LogP contribution in [-0.2, 0) is 6.54 Å². The number of aryl methyl sites for hydroxylation is 1. The maximum Gasteiger partial charge on any atom is 0.394 e. The van der Waals surface area contributed by atoms with Crippen molar-refractivity contribution in [3.8, 4) is 0 Å². The van der Waals surface area contributed by atoms with Crippen molar-refractivity contribution in [2.45, 2.75) is 19.6 Å². The fourth-order valence-electron chi connectivity index (χ4n) is 2.17. The van der Waals surface area contributed by atoms with E-state index in [1.54, 1.807) is 24.1 Å². The van der Waals surface area contributed by atoms with Gasteiger partial charge in [0.05, 0.1) is 11.6 Å². The zero-order chi connectivity index (χ0) is 13.9. The lowest BCUT2D eigenvalue weighted by Gasteiger charge is -2.24. The first kappa shape index (κ1) is 14.2. The molecule has 0 bridgehead atoms. The topological polar surface area (TPSA) is 41.1 Å². The van der Waals surface area contributed by atoms with E-state index in [1.165, 1.54) is 0 Å². The van der Waals surface area contributed by atoms with Crippen molar-refractivity contribution in [1.29, 1.82) is 0 Å². The molecular weight excluding hydrogens is 257 g/mol. The average molecular weight is 274 g/mol. The van der Waals surface area contributed by atoms with Gasteiger partial charge in [0.2, 0.25) is 0 Å². The predicted octanol–water partition coefficient (Wildman–Crippen LogP) is 1.37. The normalized spacial score (nSPS) is 22.2. The number of nitrogens with one attached hydrogen (secondary N) is 1. The minimum absolute atomic E-state index is 0.0111. The number of nitrogens with zero attached hydrogens (tertiary/aromatic N) is 3. The van der Waals surface area contributed by atoms with Gasteiger partial charge in [0, 0.05) is 38.9 Å². The second kappa shape index (κ2) is 5.83. The van der Waals surface area contributed by atoms with Gasteiger partial charge in [-0.15, -0.1) is 0 Å². The van der Waals surface area contributed by atoms with Crippen LogP contribution in [0.1, 0.15) is 11.5 Å². The largest absolute Gasteiger partial charge is 0.394 e. The van der Waals surface area contributed by atoms with Crippen LogP contribution in [0.4, 0.5) is 13.2 Å². The van der Waals surface area contributed by atoms with Crippen LogP contribution in [0.5, 0.6) is 0 Å². The Morgan fingerprint density at radius 2 is 2.26 bits per heavy atom. The van der Waals surface area contributed by atoms with Crippen molar-refractivity contribution in [3.05, 3.63) is 23.8 Å². The fourth-order valence-corrected chi connectivity index (χ4v) is 2.17. The summed E-state index contributed by atoms with van der Waals surface area (Å²) >= 11 is 0. The molecule has 0 amide bonds. The van der Waals surface area contributed by atoms with Gasteiger partial charge in [-0.1, -0.05) is 0 Å². The molecule has 1 atom stereocenters. The quantitative estimate of drug-likeness (QED) is 0.884. The smallest absolute Gasteiger partial charge is 0.315 e. The Kier molecular flexibility index (Phi) is 4.36. The summed E-state index contributed by atoms with van der Waals surface area (Å²) in [6.07, 6.45) is -2.52. The highest BCUT2D eigenvalue weighted by molar-refractivity contribution is 5.01. The van der Waals surface area contributed by atoms with Crippen molar-refractivity contribution in [2.24, 2.45) is 5.92 Å². The summed E-state index contributed by atoms with van der Waals surface area (Å²) < 4.78 is 38.4. The lowest BCUT2D eigenvalue weighted by Crippen LogP contribution is -2.38. The first-order valence-electron chi connectivity index (χ1n) is 6.23. The molecule has 0 radical (unpaired) electrons. The van der Waals surface area contributed by atoms with Crippen LogP contribution >= 0.6 is 0 Å². The highest BCUT2D eigenvalue weighted by Crippen LogP contribution is 2.27. The molecule has 2 rings (SSSR count). The van der Waals surface area contributed by atoms with Gasteiger partial charge in [-0.3, -0.25) is 4.90 Å². The van der Waals surface area contributed by atoms with E-state index in [1.807, 2.05) is 0 Å². The molecule has 0 saturated carbocycles. The summed E-state index contributed by atoms with van der Waals surface area (Å²) in [4.78, 5) is 10.0. The molecule has 1 aliphatic heterocycles. The van der Waals surface area contributed by atoms with E-state index < -0.39 is 12.1 Å². The molecule has 19 heavy (non-hydrogen) atoms. The molecular formula is C12H17F3N4. The molecule has 2 heterocycles. The number of rotatable bonds is 2. The number of hydrogen-bond acceptors (Lipinski definition) is 4. The van der Waals surface area contributed by atoms with E-state index in [0.717, 1.165) is 5.69 Å². The molecule has 4 nitrogen and oxygen atoms in total. The third-order valence-electron chi connectivity index (χ3n) is 3.16. The van der Waals surface area contributed by atoms with Crippen LogP contribution in [0.2, 0.25) is 0 Å². The Bertz CT molecular complexity index is 422. The molecule has 1 aromatic heterocycles. The van der Waals surface area contributed by atoms with Gasteiger partial charge in [-0.2, -0.15) is 13.2 Å². The van der Waals surface area contributed by atoms with Crippen LogP contribution in [0.25, 0.3) is 0 Å². The second-order valence-electron chi connectivity index (χ2n) is 4.77. The highest BCUT2D eigenvalue weighted by atomic mass is 19.4. The standard InChI is InChI=1S/C12H17F3N4/c1-9-17-3-2-11(18-9)8-19-5-4-16-6-10(7-19)12(13,14)15/h2-3,10,16H,4-8H2,1H3. The molecule has 1 N–H and O–H groups in total. The van der Waals surface area contributed by atoms with Crippen molar-refractivity contribution in [1.82, 2.24) is 20.2 Å². The third kappa shape index (κ3) is 4.14. The monoisotopic (exact) mass is 274 g/mol. The summed E-state index contributed by atoms with van der Waals surface area (Å²) in [6.45, 7) is 3.36. The zero-order valence-corrected chi connectivity index (χ0v) is 10.7. The van der Waals surface area contributed by atoms with E-state index in [2.05, 4.69) is 15.3 Å². The molecule has 106 valence electrons. The van der Waals surface area contributed by atoms with E-state index in [9.17, 15) is 13.2 Å². The highest BCUT2D eigenvalue weighted by Gasteiger charge is 2.40. The summed E-state index contributed by atoms with van der Waals surface area (Å²) in [5.74, 6) is -0.684. The molecule has 1 unspecified atom stereocenters. The Morgan fingerprint density at radius 1 is 1.47 bits per heavy atom. The average Bonchev–Trinajstić information content (AvgIpc) is 2.54. The second-order valence-corrected chi connectivity index (χ2v) is 4.77. The van der Waals surface area contributed by atoms with E-state index >= 15 is 0 Å². The van der Waals surface area contributed by atoms with Crippen LogP contribution in [0, 0.1) is 12.8 Å². The minimum atomic E-state index is -4.16. The van der Waals surface area contributed by atoms with Gasteiger partial charge in [-0.25, -0.2) is 9.97 Å². The van der Waals surface area contributed by atoms with Crippen molar-refractivity contribution in [2.75, 3.05) is 26.2 Å². The van der Waals surface area contributed by atoms with Gasteiger partial charge in [0.15, 0.2) is 0 Å². The lowest BCUT2D eigenvalue weighted by atomic mass is 10.1. The summed E-state index contributed by atoms with van der Waals surface area (Å²) in [7, 11) is 0. The minimum Gasteiger partial charge on any atom is -0.315 e. The number of halogens is 3. The lowest BCUT2D eigenvalue weighted by molar-refractivity contribution is -0.176. The first-order chi connectivity index (χ1) is 8.95. The number of hydrogen-bond donors (Lipinski definition) is 1. The number of aromatic nitrogens is 2. The SMILES string of the molecule is Cc1nccc(CN2CCNCC(C(F)(F)F)C2)n1. The zero-order valence-electron chi connectivity index (χ0n) is 10.7. The summed E-state index contributed by atoms with van der Waals surface area (Å²) in [5.41, 5.74) is 0.760. The molecule has 0 spiro atoms. The predicted molar refractivity (Wildman–Crippen MR) is 64.5 cm³/mol. The van der Waals surface area contributed by atoms with Gasteiger partial charge >= 0.3 is 6.18 Å². The molecule has 1 saturated heterocycles. The molecule has 1 fully saturated rings. The number of alkyl halides is 3. The van der Waals surface area contributed by atoms with Crippen LogP contribution in [0.15, 0.2) is 12.3 Å². The maximum atomic E-state index is 12.8. The van der Waals surface area contributed by atoms with E-state index in [-0.39, 0.29) is 13.1 Å². The van der Waals surface area contributed by atoms with Gasteiger partial charge in [-0.05, 0) is 13.0 Å². The van der Waals surface area contributed by atoms with Crippen LogP contribution < -0.4 is 5.32 Å². The van der Waals surface area contributed by atoms with Gasteiger partial charge < -0.3 is 5.32 Å². The van der Waals surface area contributed by atoms with Crippen LogP contribution in [0.3, 0.4) is 0 Å². The Labute approximate surface area is 110 Å². The van der Waals surface area contributed by atoms with Crippen molar-refractivity contribution < 1.29 is 13.2 Å². The molecule has 1 aliphatic rings. The van der Waals surface area contributed by atoms with E-state index in [0.29, 0.717) is 25.5 Å². The van der Waals surface area contributed by atoms with Gasteiger partial charge in [0.1, 0.15) is 5.82 Å². The summed E-state index contributed by atoms with van der Waals surface area (Å²) in [6, 6.07) is 1.74. The Hall–Kier alpha value is -1.21. The maximum absolute atomic E-state index is 12.8. The summed E-state index contributed by atoms with van der Waals surface area (Å²) in [5, 5.41) is 2.84. The fraction of sp³-hybridized carbons (Fsp3) is 0.667. The molecule has 0 aliphatic carbocycles. The van der Waals surface area contributed by atoms with Crippen LogP contribution in [-0.4, -0.2) is 47.2 Å². The molecule has 0 aromatic carbocycles. The third-order valence-corrected chi connectivity index (χ3v) is 3.16. The molecule has 7 heteroatoms. The molecule has 1 aromatic rings. The first-order valence-corrected chi connectivity index (χ1v) is 6.23. The van der Waals surface area contributed by atoms with Crippen molar-refractivity contribution >= 4 is 0 Å². The van der Waals surface area contributed by atoms with Gasteiger partial charge in [0.25, 0.3) is 0 Å². The Balaban J connectivity index is 2.02.